The quantitative estimate of drug-likeness (QED) is 0.451. The number of pyridine rings is 1. The molecule has 1 amide bonds. The molecule has 0 aliphatic carbocycles. The molecule has 3 aromatic rings. The molecule has 2 aromatic carbocycles. The van der Waals surface area contributed by atoms with Crippen LogP contribution in [0, 0.1) is 0 Å². The van der Waals surface area contributed by atoms with E-state index in [-0.39, 0.29) is 5.91 Å². The number of benzene rings is 2. The highest BCUT2D eigenvalue weighted by Crippen LogP contribution is 2.16. The predicted octanol–water partition coefficient (Wildman–Crippen LogP) is 3.69. The number of hydroxylamine groups is 1. The molecule has 1 aliphatic rings. The molecule has 1 aromatic heterocycles. The van der Waals surface area contributed by atoms with Gasteiger partial charge < -0.3 is 10.2 Å². The number of hydrogen-bond acceptors (Lipinski definition) is 6. The van der Waals surface area contributed by atoms with E-state index in [1.807, 2.05) is 30.3 Å². The van der Waals surface area contributed by atoms with Crippen molar-refractivity contribution in [1.82, 2.24) is 20.3 Å². The molecular formula is C27H33N5O2. The van der Waals surface area contributed by atoms with Crippen LogP contribution in [0.3, 0.4) is 0 Å². The summed E-state index contributed by atoms with van der Waals surface area (Å²) in [5, 5.41) is 3.31. The van der Waals surface area contributed by atoms with E-state index < -0.39 is 0 Å². The number of aromatic nitrogens is 1. The monoisotopic (exact) mass is 459 g/mol. The van der Waals surface area contributed by atoms with E-state index in [0.29, 0.717) is 18.7 Å². The molecule has 0 unspecified atom stereocenters. The molecule has 0 bridgehead atoms. The molecule has 0 spiro atoms. The van der Waals surface area contributed by atoms with Crippen LogP contribution in [0.4, 0.5) is 5.69 Å². The molecule has 1 aliphatic heterocycles. The molecule has 34 heavy (non-hydrogen) atoms. The third kappa shape index (κ3) is 6.87. The standard InChI is InChI=1S/C27H33N5O2/c1-2-31-15-17-32(18-16-31)20-23-7-9-24(10-8-23)21-34-30-27(33)25-5-3-4-6-26(25)29-19-22-11-13-28-14-12-22/h3-14,29H,2,15-21H2,1H3,(H,30,33). The lowest BCUT2D eigenvalue weighted by molar-refractivity contribution is 0.0234. The summed E-state index contributed by atoms with van der Waals surface area (Å²) < 4.78 is 0. The Labute approximate surface area is 201 Å². The summed E-state index contributed by atoms with van der Waals surface area (Å²) >= 11 is 0. The fraction of sp³-hybridized carbons (Fsp3) is 0.333. The molecule has 2 heterocycles. The van der Waals surface area contributed by atoms with Crippen LogP contribution in [-0.4, -0.2) is 53.4 Å². The molecule has 1 fully saturated rings. The number of hydrogen-bond donors (Lipinski definition) is 2. The molecule has 7 heteroatoms. The number of para-hydroxylation sites is 1. The lowest BCUT2D eigenvalue weighted by Crippen LogP contribution is -2.45. The normalized spacial score (nSPS) is 14.6. The number of carbonyl (C=O) groups is 1. The first-order valence-electron chi connectivity index (χ1n) is 11.9. The summed E-state index contributed by atoms with van der Waals surface area (Å²) in [6, 6.07) is 19.7. The number of anilines is 1. The average Bonchev–Trinajstić information content (AvgIpc) is 2.89. The number of piperazine rings is 1. The highest BCUT2D eigenvalue weighted by atomic mass is 16.6. The van der Waals surface area contributed by atoms with E-state index >= 15 is 0 Å². The number of nitrogens with one attached hydrogen (secondary N) is 2. The van der Waals surface area contributed by atoms with Crippen LogP contribution < -0.4 is 10.8 Å². The van der Waals surface area contributed by atoms with Crippen molar-refractivity contribution < 1.29 is 9.63 Å². The summed E-state index contributed by atoms with van der Waals surface area (Å²) in [5.74, 6) is -0.277. The van der Waals surface area contributed by atoms with Gasteiger partial charge in [0.15, 0.2) is 0 Å². The van der Waals surface area contributed by atoms with Crippen molar-refractivity contribution in [3.8, 4) is 0 Å². The van der Waals surface area contributed by atoms with E-state index in [0.717, 1.165) is 56.1 Å². The largest absolute Gasteiger partial charge is 0.380 e. The van der Waals surface area contributed by atoms with Crippen LogP contribution in [0.15, 0.2) is 73.1 Å². The van der Waals surface area contributed by atoms with E-state index in [4.69, 9.17) is 4.84 Å². The molecule has 1 saturated heterocycles. The van der Waals surface area contributed by atoms with Crippen molar-refractivity contribution in [1.29, 1.82) is 0 Å². The summed E-state index contributed by atoms with van der Waals surface area (Å²) in [7, 11) is 0. The van der Waals surface area contributed by atoms with Crippen LogP contribution >= 0.6 is 0 Å². The molecular weight excluding hydrogens is 426 g/mol. The Balaban J connectivity index is 1.23. The maximum Gasteiger partial charge on any atom is 0.276 e. The van der Waals surface area contributed by atoms with Crippen molar-refractivity contribution in [2.24, 2.45) is 0 Å². The molecule has 4 rings (SSSR count). The predicted molar refractivity (Wildman–Crippen MR) is 134 cm³/mol. The minimum atomic E-state index is -0.277. The van der Waals surface area contributed by atoms with Crippen LogP contribution in [-0.2, 0) is 24.5 Å². The van der Waals surface area contributed by atoms with E-state index in [1.54, 1.807) is 18.5 Å². The van der Waals surface area contributed by atoms with Gasteiger partial charge in [-0.05, 0) is 47.5 Å². The summed E-state index contributed by atoms with van der Waals surface area (Å²) in [6.45, 7) is 9.76. The first-order chi connectivity index (χ1) is 16.7. The second-order valence-electron chi connectivity index (χ2n) is 8.50. The zero-order valence-corrected chi connectivity index (χ0v) is 19.7. The number of rotatable bonds is 10. The Morgan fingerprint density at radius 2 is 1.56 bits per heavy atom. The lowest BCUT2D eigenvalue weighted by atomic mass is 10.1. The van der Waals surface area contributed by atoms with Gasteiger partial charge >= 0.3 is 0 Å². The maximum absolute atomic E-state index is 12.7. The van der Waals surface area contributed by atoms with Gasteiger partial charge in [-0.3, -0.25) is 19.5 Å². The first-order valence-corrected chi connectivity index (χ1v) is 11.9. The second-order valence-corrected chi connectivity index (χ2v) is 8.50. The van der Waals surface area contributed by atoms with Crippen LogP contribution in [0.25, 0.3) is 0 Å². The van der Waals surface area contributed by atoms with Crippen molar-refractivity contribution in [3.63, 3.8) is 0 Å². The van der Waals surface area contributed by atoms with Gasteiger partial charge in [-0.15, -0.1) is 0 Å². The maximum atomic E-state index is 12.7. The van der Waals surface area contributed by atoms with Crippen molar-refractivity contribution >= 4 is 11.6 Å². The molecule has 0 radical (unpaired) electrons. The third-order valence-electron chi connectivity index (χ3n) is 6.15. The average molecular weight is 460 g/mol. The SMILES string of the molecule is CCN1CCN(Cc2ccc(CONC(=O)c3ccccc3NCc3ccncc3)cc2)CC1. The number of amides is 1. The fourth-order valence-electron chi connectivity index (χ4n) is 4.04. The van der Waals surface area contributed by atoms with Gasteiger partial charge in [-0.2, -0.15) is 0 Å². The molecule has 2 N–H and O–H groups in total. The third-order valence-corrected chi connectivity index (χ3v) is 6.15. The zero-order chi connectivity index (χ0) is 23.6. The lowest BCUT2D eigenvalue weighted by Gasteiger charge is -2.34. The van der Waals surface area contributed by atoms with Crippen LogP contribution in [0.2, 0.25) is 0 Å². The second kappa shape index (κ2) is 12.3. The minimum absolute atomic E-state index is 0.277. The van der Waals surface area contributed by atoms with Gasteiger partial charge in [-0.25, -0.2) is 5.48 Å². The van der Waals surface area contributed by atoms with Crippen molar-refractivity contribution in [3.05, 3.63) is 95.3 Å². The van der Waals surface area contributed by atoms with Gasteiger partial charge in [0.25, 0.3) is 5.91 Å². The van der Waals surface area contributed by atoms with Gasteiger partial charge in [0, 0.05) is 57.3 Å². The Hall–Kier alpha value is -3.26. The van der Waals surface area contributed by atoms with E-state index in [9.17, 15) is 4.79 Å². The van der Waals surface area contributed by atoms with E-state index in [1.165, 1.54) is 5.56 Å². The van der Waals surface area contributed by atoms with Crippen LogP contribution in [0.5, 0.6) is 0 Å². The number of carbonyl (C=O) groups excluding carboxylic acids is 1. The molecule has 0 atom stereocenters. The summed E-state index contributed by atoms with van der Waals surface area (Å²) in [4.78, 5) is 27.2. The molecule has 178 valence electrons. The van der Waals surface area contributed by atoms with Crippen molar-refractivity contribution in [2.75, 3.05) is 38.0 Å². The van der Waals surface area contributed by atoms with E-state index in [2.05, 4.69) is 56.8 Å². The Morgan fingerprint density at radius 3 is 2.29 bits per heavy atom. The highest BCUT2D eigenvalue weighted by Gasteiger charge is 2.15. The van der Waals surface area contributed by atoms with Gasteiger partial charge in [0.1, 0.15) is 0 Å². The number of nitrogens with zero attached hydrogens (tertiary/aromatic N) is 3. The smallest absolute Gasteiger partial charge is 0.276 e. The zero-order valence-electron chi connectivity index (χ0n) is 19.7. The van der Waals surface area contributed by atoms with Gasteiger partial charge in [-0.1, -0.05) is 43.3 Å². The topological polar surface area (TPSA) is 69.7 Å². The van der Waals surface area contributed by atoms with Gasteiger partial charge in [0.2, 0.25) is 0 Å². The minimum Gasteiger partial charge on any atom is -0.380 e. The molecule has 7 nitrogen and oxygen atoms in total. The fourth-order valence-corrected chi connectivity index (χ4v) is 4.04. The van der Waals surface area contributed by atoms with Crippen molar-refractivity contribution in [2.45, 2.75) is 26.6 Å². The Morgan fingerprint density at radius 1 is 0.882 bits per heavy atom. The summed E-state index contributed by atoms with van der Waals surface area (Å²) in [5.41, 5.74) is 7.27. The Kier molecular flexibility index (Phi) is 8.62. The number of likely N-dealkylation sites (N-methyl/N-ethyl adjacent to an activating group) is 1. The Bertz CT molecular complexity index is 1030. The van der Waals surface area contributed by atoms with Gasteiger partial charge in [0.05, 0.1) is 12.2 Å². The first kappa shape index (κ1) is 23.9. The highest BCUT2D eigenvalue weighted by molar-refractivity contribution is 5.98. The van der Waals surface area contributed by atoms with Crippen LogP contribution in [0.1, 0.15) is 34.0 Å². The molecule has 0 saturated carbocycles. The summed E-state index contributed by atoms with van der Waals surface area (Å²) in [6.07, 6.45) is 3.51.